The highest BCUT2D eigenvalue weighted by Gasteiger charge is 2.18. The maximum Gasteiger partial charge on any atom is 0.303 e. The molecule has 1 aromatic heterocycles. The third-order valence-corrected chi connectivity index (χ3v) is 4.30. The molecule has 6 nitrogen and oxygen atoms in total. The number of carbonyl (C=O) groups is 1. The second-order valence-electron chi connectivity index (χ2n) is 6.16. The first-order valence-corrected chi connectivity index (χ1v) is 8.45. The molecule has 0 aliphatic carbocycles. The number of unbranched alkanes of at least 4 members (excludes halogenated alkanes) is 1. The largest absolute Gasteiger partial charge is 0.506 e. The van der Waals surface area contributed by atoms with Crippen molar-refractivity contribution in [1.82, 2.24) is 15.0 Å². The molecular weight excluding hydrogens is 318 g/mol. The molecule has 0 fully saturated rings. The minimum Gasteiger partial charge on any atom is -0.506 e. The smallest absolute Gasteiger partial charge is 0.303 e. The Bertz CT molecular complexity index is 856. The molecule has 1 unspecified atom stereocenters. The SMILES string of the molecule is CCCCC(CC(=O)O)c1ccc(O)c(-n2nc3ccccc3n2)c1. The summed E-state index contributed by atoms with van der Waals surface area (Å²) < 4.78 is 0. The minimum absolute atomic E-state index is 0.0635. The molecule has 130 valence electrons. The monoisotopic (exact) mass is 339 g/mol. The van der Waals surface area contributed by atoms with E-state index in [1.807, 2.05) is 24.3 Å². The highest BCUT2D eigenvalue weighted by atomic mass is 16.4. The molecule has 0 spiro atoms. The first-order valence-electron chi connectivity index (χ1n) is 8.45. The van der Waals surface area contributed by atoms with Crippen molar-refractivity contribution in [3.63, 3.8) is 0 Å². The van der Waals surface area contributed by atoms with E-state index in [-0.39, 0.29) is 18.1 Å². The first kappa shape index (κ1) is 17.0. The topological polar surface area (TPSA) is 88.2 Å². The van der Waals surface area contributed by atoms with Crippen molar-refractivity contribution < 1.29 is 15.0 Å². The summed E-state index contributed by atoms with van der Waals surface area (Å²) in [6.07, 6.45) is 2.82. The number of benzene rings is 2. The van der Waals surface area contributed by atoms with E-state index in [0.29, 0.717) is 5.69 Å². The van der Waals surface area contributed by atoms with Crippen LogP contribution in [0.2, 0.25) is 0 Å². The molecular formula is C19H21N3O3. The number of carboxylic acids is 1. The van der Waals surface area contributed by atoms with E-state index in [1.165, 1.54) is 4.80 Å². The number of hydrogen-bond donors (Lipinski definition) is 2. The molecule has 1 atom stereocenters. The van der Waals surface area contributed by atoms with Crippen LogP contribution >= 0.6 is 0 Å². The Morgan fingerprint density at radius 1 is 1.16 bits per heavy atom. The van der Waals surface area contributed by atoms with Crippen LogP contribution in [0.25, 0.3) is 16.7 Å². The predicted molar refractivity (Wildman–Crippen MR) is 95.0 cm³/mol. The van der Waals surface area contributed by atoms with E-state index in [1.54, 1.807) is 18.2 Å². The average molecular weight is 339 g/mol. The molecule has 0 saturated carbocycles. The van der Waals surface area contributed by atoms with Gasteiger partial charge in [0.05, 0.1) is 6.42 Å². The van der Waals surface area contributed by atoms with Gasteiger partial charge < -0.3 is 10.2 Å². The molecule has 0 saturated heterocycles. The predicted octanol–water partition coefficient (Wildman–Crippen LogP) is 3.87. The Morgan fingerprint density at radius 3 is 2.44 bits per heavy atom. The second-order valence-corrected chi connectivity index (χ2v) is 6.16. The standard InChI is InChI=1S/C19H21N3O3/c1-2-3-6-13(12-19(24)25)14-9-10-18(23)17(11-14)22-20-15-7-4-5-8-16(15)21-22/h4-5,7-11,13,23H,2-3,6,12H2,1H3,(H,24,25). The van der Waals surface area contributed by atoms with Gasteiger partial charge in [0.15, 0.2) is 0 Å². The van der Waals surface area contributed by atoms with Crippen LogP contribution in [0.5, 0.6) is 5.75 Å². The number of nitrogens with zero attached hydrogens (tertiary/aromatic N) is 3. The van der Waals surface area contributed by atoms with Gasteiger partial charge >= 0.3 is 5.97 Å². The van der Waals surface area contributed by atoms with Gasteiger partial charge in [-0.25, -0.2) is 0 Å². The fourth-order valence-corrected chi connectivity index (χ4v) is 2.97. The van der Waals surface area contributed by atoms with Crippen LogP contribution in [0.15, 0.2) is 42.5 Å². The molecule has 0 aliphatic heterocycles. The van der Waals surface area contributed by atoms with Crippen LogP contribution in [-0.2, 0) is 4.79 Å². The van der Waals surface area contributed by atoms with E-state index in [9.17, 15) is 15.0 Å². The number of aromatic hydroxyl groups is 1. The Kier molecular flexibility index (Phi) is 4.97. The van der Waals surface area contributed by atoms with E-state index < -0.39 is 5.97 Å². The van der Waals surface area contributed by atoms with E-state index >= 15 is 0 Å². The molecule has 25 heavy (non-hydrogen) atoms. The molecule has 0 bridgehead atoms. The van der Waals surface area contributed by atoms with Crippen LogP contribution in [0, 0.1) is 0 Å². The van der Waals surface area contributed by atoms with Crippen LogP contribution in [0.1, 0.15) is 44.1 Å². The molecule has 2 N–H and O–H groups in total. The van der Waals surface area contributed by atoms with Crippen molar-refractivity contribution in [2.24, 2.45) is 0 Å². The van der Waals surface area contributed by atoms with Crippen molar-refractivity contribution in [3.8, 4) is 11.4 Å². The maximum atomic E-state index is 11.2. The van der Waals surface area contributed by atoms with Gasteiger partial charge in [-0.05, 0) is 42.2 Å². The van der Waals surface area contributed by atoms with Gasteiger partial charge in [0.2, 0.25) is 0 Å². The highest BCUT2D eigenvalue weighted by molar-refractivity contribution is 5.73. The van der Waals surface area contributed by atoms with Crippen molar-refractivity contribution >= 4 is 17.0 Å². The summed E-state index contributed by atoms with van der Waals surface area (Å²) in [4.78, 5) is 12.6. The molecule has 1 heterocycles. The second kappa shape index (κ2) is 7.34. The lowest BCUT2D eigenvalue weighted by Crippen LogP contribution is -2.08. The minimum atomic E-state index is -0.821. The van der Waals surface area contributed by atoms with E-state index in [0.717, 1.165) is 35.9 Å². The molecule has 6 heteroatoms. The zero-order chi connectivity index (χ0) is 17.8. The summed E-state index contributed by atoms with van der Waals surface area (Å²) in [6, 6.07) is 12.6. The number of rotatable bonds is 7. The van der Waals surface area contributed by atoms with Crippen molar-refractivity contribution in [3.05, 3.63) is 48.0 Å². The Morgan fingerprint density at radius 2 is 1.84 bits per heavy atom. The molecule has 3 rings (SSSR count). The Balaban J connectivity index is 1.99. The molecule has 3 aromatic rings. The molecule has 0 amide bonds. The van der Waals surface area contributed by atoms with Crippen LogP contribution < -0.4 is 0 Å². The fourth-order valence-electron chi connectivity index (χ4n) is 2.97. The average Bonchev–Trinajstić information content (AvgIpc) is 3.02. The number of aliphatic carboxylic acids is 1. The molecule has 2 aromatic carbocycles. The van der Waals surface area contributed by atoms with Crippen molar-refractivity contribution in [2.75, 3.05) is 0 Å². The van der Waals surface area contributed by atoms with Gasteiger partial charge in [0, 0.05) is 0 Å². The number of aromatic nitrogens is 3. The summed E-state index contributed by atoms with van der Waals surface area (Å²) in [5, 5.41) is 28.2. The van der Waals surface area contributed by atoms with Crippen LogP contribution in [0.3, 0.4) is 0 Å². The number of phenols is 1. The number of fused-ring (bicyclic) bond motifs is 1. The molecule has 0 radical (unpaired) electrons. The van der Waals surface area contributed by atoms with E-state index in [4.69, 9.17) is 0 Å². The Hall–Kier alpha value is -2.89. The Labute approximate surface area is 145 Å². The maximum absolute atomic E-state index is 11.2. The fraction of sp³-hybridized carbons (Fsp3) is 0.316. The quantitative estimate of drug-likeness (QED) is 0.682. The van der Waals surface area contributed by atoms with Crippen LogP contribution in [-0.4, -0.2) is 31.2 Å². The van der Waals surface area contributed by atoms with Gasteiger partial charge in [-0.3, -0.25) is 4.79 Å². The van der Waals surface area contributed by atoms with Crippen molar-refractivity contribution in [1.29, 1.82) is 0 Å². The number of phenolic OH excluding ortho intramolecular Hbond substituents is 1. The first-order chi connectivity index (χ1) is 12.1. The summed E-state index contributed by atoms with van der Waals surface area (Å²) in [5.74, 6) is -0.853. The zero-order valence-corrected chi connectivity index (χ0v) is 14.1. The zero-order valence-electron chi connectivity index (χ0n) is 14.1. The summed E-state index contributed by atoms with van der Waals surface area (Å²) in [7, 11) is 0. The highest BCUT2D eigenvalue weighted by Crippen LogP contribution is 2.31. The van der Waals surface area contributed by atoms with E-state index in [2.05, 4.69) is 17.1 Å². The van der Waals surface area contributed by atoms with Gasteiger partial charge in [0.1, 0.15) is 22.5 Å². The normalized spacial score (nSPS) is 12.4. The number of carboxylic acid groups (broad SMARTS) is 1. The van der Waals surface area contributed by atoms with Crippen LogP contribution in [0.4, 0.5) is 0 Å². The van der Waals surface area contributed by atoms with Gasteiger partial charge in [-0.15, -0.1) is 15.0 Å². The summed E-state index contributed by atoms with van der Waals surface area (Å²) >= 11 is 0. The molecule has 0 aliphatic rings. The summed E-state index contributed by atoms with van der Waals surface area (Å²) in [5.41, 5.74) is 2.81. The lowest BCUT2D eigenvalue weighted by Gasteiger charge is -2.16. The summed E-state index contributed by atoms with van der Waals surface area (Å²) in [6.45, 7) is 2.08. The lowest BCUT2D eigenvalue weighted by molar-refractivity contribution is -0.137. The lowest BCUT2D eigenvalue weighted by atomic mass is 9.90. The van der Waals surface area contributed by atoms with Gasteiger partial charge in [-0.1, -0.05) is 38.0 Å². The third kappa shape index (κ3) is 3.79. The number of hydrogen-bond acceptors (Lipinski definition) is 4. The van der Waals surface area contributed by atoms with Crippen molar-refractivity contribution in [2.45, 2.75) is 38.5 Å². The van der Waals surface area contributed by atoms with Gasteiger partial charge in [-0.2, -0.15) is 0 Å². The van der Waals surface area contributed by atoms with Gasteiger partial charge in [0.25, 0.3) is 0 Å². The third-order valence-electron chi connectivity index (χ3n) is 4.30.